The molecule has 1 aromatic rings. The van der Waals surface area contributed by atoms with Gasteiger partial charge in [0.15, 0.2) is 0 Å². The van der Waals surface area contributed by atoms with Gasteiger partial charge in [0.2, 0.25) is 5.91 Å². The van der Waals surface area contributed by atoms with Crippen LogP contribution in [0.1, 0.15) is 38.1 Å². The molecule has 0 radical (unpaired) electrons. The summed E-state index contributed by atoms with van der Waals surface area (Å²) in [6, 6.07) is -0.188. The molecule has 1 aliphatic rings. The number of nitrogens with one attached hydrogen (secondary N) is 2. The molecule has 116 valence electrons. The molecule has 0 aliphatic carbocycles. The Balaban J connectivity index is 2.45. The van der Waals surface area contributed by atoms with Crippen LogP contribution in [0.4, 0.5) is 11.6 Å². The van der Waals surface area contributed by atoms with E-state index in [1.165, 1.54) is 0 Å². The van der Waals surface area contributed by atoms with Crippen molar-refractivity contribution in [2.24, 2.45) is 5.84 Å². The van der Waals surface area contributed by atoms with Gasteiger partial charge in [0, 0.05) is 25.1 Å². The van der Waals surface area contributed by atoms with Crippen molar-refractivity contribution in [2.75, 3.05) is 23.4 Å². The zero-order valence-corrected chi connectivity index (χ0v) is 12.9. The Hall–Kier alpha value is -1.89. The van der Waals surface area contributed by atoms with E-state index in [9.17, 15) is 4.79 Å². The summed E-state index contributed by atoms with van der Waals surface area (Å²) in [6.07, 6.45) is 2.49. The van der Waals surface area contributed by atoms with E-state index in [0.29, 0.717) is 12.4 Å². The molecule has 2 rings (SSSR count). The Kier molecular flexibility index (Phi) is 4.95. The molecule has 0 bridgehead atoms. The number of aromatic nitrogens is 2. The second kappa shape index (κ2) is 6.71. The van der Waals surface area contributed by atoms with Crippen LogP contribution in [0.2, 0.25) is 0 Å². The highest BCUT2D eigenvalue weighted by atomic mass is 16.2. The van der Waals surface area contributed by atoms with Crippen LogP contribution in [0.5, 0.6) is 0 Å². The predicted octanol–water partition coefficient (Wildman–Crippen LogP) is 0.738. The minimum absolute atomic E-state index is 0.0565. The van der Waals surface area contributed by atoms with Crippen molar-refractivity contribution in [3.8, 4) is 0 Å². The Morgan fingerprint density at radius 2 is 2.19 bits per heavy atom. The maximum Gasteiger partial charge on any atom is 0.242 e. The van der Waals surface area contributed by atoms with Gasteiger partial charge in [0.05, 0.1) is 0 Å². The largest absolute Gasteiger partial charge is 0.353 e. The third-order valence-electron chi connectivity index (χ3n) is 3.77. The molecule has 1 unspecified atom stereocenters. The van der Waals surface area contributed by atoms with Crippen molar-refractivity contribution in [2.45, 2.75) is 46.1 Å². The molecule has 1 aliphatic heterocycles. The number of piperazine rings is 1. The lowest BCUT2D eigenvalue weighted by atomic mass is 10.1. The maximum atomic E-state index is 12.0. The second-order valence-corrected chi connectivity index (χ2v) is 5.24. The van der Waals surface area contributed by atoms with Crippen molar-refractivity contribution >= 4 is 17.5 Å². The first-order chi connectivity index (χ1) is 10.1. The average Bonchev–Trinajstić information content (AvgIpc) is 2.49. The number of nitrogens with two attached hydrogens (primary N) is 1. The monoisotopic (exact) mass is 292 g/mol. The SMILES string of the molecule is CCCc1nc(NN)c(C)c(N2CCNC(=O)C2CC)n1. The molecule has 2 heterocycles. The van der Waals surface area contributed by atoms with Crippen LogP contribution < -0.4 is 21.5 Å². The van der Waals surface area contributed by atoms with E-state index in [2.05, 4.69) is 32.5 Å². The maximum absolute atomic E-state index is 12.0. The number of hydrogen-bond donors (Lipinski definition) is 3. The van der Waals surface area contributed by atoms with Gasteiger partial charge >= 0.3 is 0 Å². The summed E-state index contributed by atoms with van der Waals surface area (Å²) in [6.45, 7) is 7.40. The molecule has 4 N–H and O–H groups in total. The van der Waals surface area contributed by atoms with Crippen LogP contribution in [-0.4, -0.2) is 35.0 Å². The molecule has 0 saturated carbocycles. The Labute approximate surface area is 125 Å². The van der Waals surface area contributed by atoms with E-state index < -0.39 is 0 Å². The lowest BCUT2D eigenvalue weighted by molar-refractivity contribution is -0.123. The second-order valence-electron chi connectivity index (χ2n) is 5.24. The van der Waals surface area contributed by atoms with Crippen LogP contribution in [0.3, 0.4) is 0 Å². The molecule has 1 saturated heterocycles. The van der Waals surface area contributed by atoms with E-state index >= 15 is 0 Å². The molecule has 1 aromatic heterocycles. The topological polar surface area (TPSA) is 96.2 Å². The quantitative estimate of drug-likeness (QED) is 0.547. The average molecular weight is 292 g/mol. The number of hydrazine groups is 1. The van der Waals surface area contributed by atoms with Gasteiger partial charge in [-0.25, -0.2) is 15.8 Å². The van der Waals surface area contributed by atoms with Crippen molar-refractivity contribution in [3.05, 3.63) is 11.4 Å². The number of nitrogen functional groups attached to an aromatic ring is 1. The summed E-state index contributed by atoms with van der Waals surface area (Å²) >= 11 is 0. The molecule has 7 nitrogen and oxygen atoms in total. The minimum Gasteiger partial charge on any atom is -0.353 e. The van der Waals surface area contributed by atoms with Crippen molar-refractivity contribution < 1.29 is 4.79 Å². The van der Waals surface area contributed by atoms with Gasteiger partial charge in [-0.05, 0) is 19.8 Å². The van der Waals surface area contributed by atoms with Crippen LogP contribution in [-0.2, 0) is 11.2 Å². The third-order valence-corrected chi connectivity index (χ3v) is 3.77. The minimum atomic E-state index is -0.188. The molecule has 0 aromatic carbocycles. The number of aryl methyl sites for hydroxylation is 1. The van der Waals surface area contributed by atoms with E-state index in [1.807, 2.05) is 13.8 Å². The Bertz CT molecular complexity index is 518. The molecular weight excluding hydrogens is 268 g/mol. The van der Waals surface area contributed by atoms with E-state index in [-0.39, 0.29) is 11.9 Å². The fourth-order valence-electron chi connectivity index (χ4n) is 2.68. The fraction of sp³-hybridized carbons (Fsp3) is 0.643. The smallest absolute Gasteiger partial charge is 0.242 e. The highest BCUT2D eigenvalue weighted by Crippen LogP contribution is 2.26. The summed E-state index contributed by atoms with van der Waals surface area (Å²) in [5.41, 5.74) is 3.52. The first-order valence-corrected chi connectivity index (χ1v) is 7.50. The summed E-state index contributed by atoms with van der Waals surface area (Å²) in [5, 5.41) is 2.91. The van der Waals surface area contributed by atoms with Crippen LogP contribution in [0.15, 0.2) is 0 Å². The van der Waals surface area contributed by atoms with Gasteiger partial charge in [-0.2, -0.15) is 0 Å². The standard InChI is InChI=1S/C14H24N6O/c1-4-6-11-17-12(19-15)9(3)13(18-11)20-8-7-16-14(21)10(20)5-2/h10H,4-8,15H2,1-3H3,(H,16,21)(H,17,18,19). The molecular formula is C14H24N6O. The van der Waals surface area contributed by atoms with Crippen molar-refractivity contribution in [1.29, 1.82) is 0 Å². The first-order valence-electron chi connectivity index (χ1n) is 7.50. The summed E-state index contributed by atoms with van der Waals surface area (Å²) in [5.74, 6) is 7.82. The highest BCUT2D eigenvalue weighted by molar-refractivity contribution is 5.86. The van der Waals surface area contributed by atoms with Gasteiger partial charge in [0.25, 0.3) is 0 Å². The number of nitrogens with zero attached hydrogens (tertiary/aromatic N) is 3. The molecule has 1 amide bonds. The number of carbonyl (C=O) groups is 1. The van der Waals surface area contributed by atoms with E-state index in [1.54, 1.807) is 0 Å². The number of anilines is 2. The van der Waals surface area contributed by atoms with E-state index in [0.717, 1.165) is 43.0 Å². The van der Waals surface area contributed by atoms with Gasteiger partial charge in [-0.1, -0.05) is 13.8 Å². The fourth-order valence-corrected chi connectivity index (χ4v) is 2.68. The number of amides is 1. The Morgan fingerprint density at radius 1 is 1.43 bits per heavy atom. The molecule has 21 heavy (non-hydrogen) atoms. The van der Waals surface area contributed by atoms with Crippen molar-refractivity contribution in [1.82, 2.24) is 15.3 Å². The van der Waals surface area contributed by atoms with Crippen LogP contribution >= 0.6 is 0 Å². The van der Waals surface area contributed by atoms with E-state index in [4.69, 9.17) is 5.84 Å². The summed E-state index contributed by atoms with van der Waals surface area (Å²) in [7, 11) is 0. The van der Waals surface area contributed by atoms with Gasteiger partial charge in [0.1, 0.15) is 23.5 Å². The summed E-state index contributed by atoms with van der Waals surface area (Å²) in [4.78, 5) is 23.2. The molecule has 0 spiro atoms. The molecule has 7 heteroatoms. The van der Waals surface area contributed by atoms with Gasteiger partial charge in [-0.3, -0.25) is 4.79 Å². The Morgan fingerprint density at radius 3 is 2.81 bits per heavy atom. The zero-order chi connectivity index (χ0) is 15.4. The highest BCUT2D eigenvalue weighted by Gasteiger charge is 2.30. The first kappa shape index (κ1) is 15.5. The summed E-state index contributed by atoms with van der Waals surface area (Å²) < 4.78 is 0. The number of carbonyl (C=O) groups excluding carboxylic acids is 1. The third kappa shape index (κ3) is 3.07. The van der Waals surface area contributed by atoms with Crippen molar-refractivity contribution in [3.63, 3.8) is 0 Å². The lowest BCUT2D eigenvalue weighted by Crippen LogP contribution is -2.55. The number of hydrogen-bond acceptors (Lipinski definition) is 6. The predicted molar refractivity (Wildman–Crippen MR) is 83.0 cm³/mol. The normalized spacial score (nSPS) is 18.6. The lowest BCUT2D eigenvalue weighted by Gasteiger charge is -2.36. The van der Waals surface area contributed by atoms with Crippen LogP contribution in [0, 0.1) is 6.92 Å². The number of rotatable bonds is 5. The molecule has 1 atom stereocenters. The zero-order valence-electron chi connectivity index (χ0n) is 12.9. The van der Waals surface area contributed by atoms with Gasteiger partial charge in [-0.15, -0.1) is 0 Å². The van der Waals surface area contributed by atoms with Crippen LogP contribution in [0.25, 0.3) is 0 Å². The molecule has 1 fully saturated rings. The van der Waals surface area contributed by atoms with Gasteiger partial charge < -0.3 is 15.6 Å².